The number of fused-ring (bicyclic) bond motifs is 6. The first kappa shape index (κ1) is 17.8. The highest BCUT2D eigenvalue weighted by molar-refractivity contribution is 6.02. The molecule has 0 aromatic heterocycles. The molecule has 0 unspecified atom stereocenters. The number of carbonyl (C=O) groups excluding carboxylic acids is 2. The van der Waals surface area contributed by atoms with Gasteiger partial charge in [-0.1, -0.05) is 97.1 Å². The third kappa shape index (κ3) is 2.60. The fraction of sp³-hybridized carbons (Fsp3) is 0.0714. The number of benzene rings is 4. The summed E-state index contributed by atoms with van der Waals surface area (Å²) in [6.45, 7) is 0. The minimum Gasteiger partial charge on any atom is -0.392 e. The molecule has 0 aliphatic heterocycles. The smallest absolute Gasteiger partial charge is 0.325 e. The van der Waals surface area contributed by atoms with Gasteiger partial charge >= 0.3 is 11.9 Å². The average molecular weight is 402 g/mol. The number of carbonyl (C=O) groups is 2. The Kier molecular flexibility index (Phi) is 3.90. The minimum absolute atomic E-state index is 0.524. The van der Waals surface area contributed by atoms with Gasteiger partial charge in [-0.15, -0.1) is 0 Å². The molecule has 4 aromatic carbocycles. The maximum Gasteiger partial charge on any atom is 0.325 e. The summed E-state index contributed by atoms with van der Waals surface area (Å²) >= 11 is 0. The quantitative estimate of drug-likeness (QED) is 0.320. The van der Waals surface area contributed by atoms with Crippen molar-refractivity contribution < 1.29 is 14.3 Å². The Labute approximate surface area is 179 Å². The van der Waals surface area contributed by atoms with Gasteiger partial charge in [0.05, 0.1) is 0 Å². The third-order valence-corrected chi connectivity index (χ3v) is 6.34. The molecule has 0 spiro atoms. The SMILES string of the molecule is O=C(OC(=O)C1c2ccccc2-c2ccccc21)C1c2ccccc2-c2ccccc21. The first-order valence-electron chi connectivity index (χ1n) is 10.4. The summed E-state index contributed by atoms with van der Waals surface area (Å²) in [5, 5.41) is 0. The van der Waals surface area contributed by atoms with E-state index in [1.54, 1.807) is 0 Å². The summed E-state index contributed by atoms with van der Waals surface area (Å²) < 4.78 is 5.57. The molecule has 31 heavy (non-hydrogen) atoms. The molecule has 0 radical (unpaired) electrons. The van der Waals surface area contributed by atoms with E-state index in [1.807, 2.05) is 97.1 Å². The third-order valence-electron chi connectivity index (χ3n) is 6.34. The monoisotopic (exact) mass is 402 g/mol. The topological polar surface area (TPSA) is 43.4 Å². The Bertz CT molecular complexity index is 1170. The summed E-state index contributed by atoms with van der Waals surface area (Å²) in [5.74, 6) is -2.24. The van der Waals surface area contributed by atoms with Crippen LogP contribution in [0.2, 0.25) is 0 Å². The van der Waals surface area contributed by atoms with Crippen LogP contribution in [0.4, 0.5) is 0 Å². The van der Waals surface area contributed by atoms with Crippen molar-refractivity contribution in [2.75, 3.05) is 0 Å². The van der Waals surface area contributed by atoms with Crippen LogP contribution in [0, 0.1) is 0 Å². The molecule has 0 atom stereocenters. The molecule has 0 fully saturated rings. The number of hydrogen-bond donors (Lipinski definition) is 0. The molecule has 3 nitrogen and oxygen atoms in total. The molecule has 2 aliphatic carbocycles. The Morgan fingerprint density at radius 1 is 0.452 bits per heavy atom. The van der Waals surface area contributed by atoms with Crippen molar-refractivity contribution >= 4 is 11.9 Å². The predicted molar refractivity (Wildman–Crippen MR) is 119 cm³/mol. The van der Waals surface area contributed by atoms with Gasteiger partial charge in [0.15, 0.2) is 0 Å². The van der Waals surface area contributed by atoms with Crippen LogP contribution in [0.25, 0.3) is 22.3 Å². The normalized spacial score (nSPS) is 13.8. The van der Waals surface area contributed by atoms with Crippen LogP contribution < -0.4 is 0 Å². The zero-order valence-electron chi connectivity index (χ0n) is 16.6. The molecule has 0 bridgehead atoms. The molecule has 6 rings (SSSR count). The Morgan fingerprint density at radius 2 is 0.710 bits per heavy atom. The maximum absolute atomic E-state index is 13.3. The van der Waals surface area contributed by atoms with Crippen LogP contribution in [-0.2, 0) is 14.3 Å². The summed E-state index contributed by atoms with van der Waals surface area (Å²) in [7, 11) is 0. The summed E-state index contributed by atoms with van der Waals surface area (Å²) in [6, 6.07) is 31.3. The van der Waals surface area contributed by atoms with E-state index in [9.17, 15) is 9.59 Å². The molecule has 3 heteroatoms. The van der Waals surface area contributed by atoms with Crippen LogP contribution in [0.15, 0.2) is 97.1 Å². The van der Waals surface area contributed by atoms with E-state index in [0.717, 1.165) is 44.5 Å². The molecule has 148 valence electrons. The van der Waals surface area contributed by atoms with E-state index in [-0.39, 0.29) is 0 Å². The van der Waals surface area contributed by atoms with Gasteiger partial charge < -0.3 is 4.74 Å². The Morgan fingerprint density at radius 3 is 1.00 bits per heavy atom. The molecule has 2 aliphatic rings. The highest BCUT2D eigenvalue weighted by atomic mass is 16.6. The standard InChI is InChI=1S/C28H18O3/c29-27(25-21-13-5-1-9-17(21)18-10-2-6-14-22(18)25)31-28(30)26-23-15-7-3-11-19(23)20-12-4-8-16-24(20)26/h1-16,25-26H. The molecule has 0 amide bonds. The highest BCUT2D eigenvalue weighted by Crippen LogP contribution is 2.47. The predicted octanol–water partition coefficient (Wildman–Crippen LogP) is 5.68. The lowest BCUT2D eigenvalue weighted by Gasteiger charge is -2.16. The van der Waals surface area contributed by atoms with Gasteiger partial charge in [0, 0.05) is 0 Å². The van der Waals surface area contributed by atoms with Crippen molar-refractivity contribution in [1.82, 2.24) is 0 Å². The van der Waals surface area contributed by atoms with Gasteiger partial charge in [-0.25, -0.2) is 0 Å². The second kappa shape index (κ2) is 6.78. The van der Waals surface area contributed by atoms with E-state index in [4.69, 9.17) is 4.74 Å². The molecule has 0 saturated heterocycles. The van der Waals surface area contributed by atoms with E-state index in [0.29, 0.717) is 0 Å². The first-order valence-corrected chi connectivity index (χ1v) is 10.4. The molecule has 0 N–H and O–H groups in total. The number of esters is 2. The fourth-order valence-electron chi connectivity index (χ4n) is 5.04. The van der Waals surface area contributed by atoms with Gasteiger partial charge in [0.2, 0.25) is 0 Å². The van der Waals surface area contributed by atoms with Crippen molar-refractivity contribution in [2.24, 2.45) is 0 Å². The molecule has 4 aromatic rings. The molecule has 0 saturated carbocycles. The summed E-state index contributed by atoms with van der Waals surface area (Å²) in [4.78, 5) is 26.6. The van der Waals surface area contributed by atoms with Crippen LogP contribution in [0.3, 0.4) is 0 Å². The molecular formula is C28H18O3. The summed E-state index contributed by atoms with van der Waals surface area (Å²) in [6.07, 6.45) is 0. The van der Waals surface area contributed by atoms with E-state index in [2.05, 4.69) is 0 Å². The summed E-state index contributed by atoms with van der Waals surface area (Å²) in [5.41, 5.74) is 7.60. The molecular weight excluding hydrogens is 384 g/mol. The Balaban J connectivity index is 1.37. The van der Waals surface area contributed by atoms with Crippen molar-refractivity contribution in [2.45, 2.75) is 11.8 Å². The second-order valence-corrected chi connectivity index (χ2v) is 7.96. The second-order valence-electron chi connectivity index (χ2n) is 7.96. The highest BCUT2D eigenvalue weighted by Gasteiger charge is 2.39. The van der Waals surface area contributed by atoms with Gasteiger partial charge in [0.1, 0.15) is 11.8 Å². The van der Waals surface area contributed by atoms with Crippen LogP contribution >= 0.6 is 0 Å². The lowest BCUT2D eigenvalue weighted by molar-refractivity contribution is -0.160. The van der Waals surface area contributed by atoms with Gasteiger partial charge in [0.25, 0.3) is 0 Å². The van der Waals surface area contributed by atoms with Crippen molar-refractivity contribution in [3.63, 3.8) is 0 Å². The average Bonchev–Trinajstić information content (AvgIpc) is 3.32. The van der Waals surface area contributed by atoms with Gasteiger partial charge in [-0.05, 0) is 44.5 Å². The van der Waals surface area contributed by atoms with Crippen LogP contribution in [0.5, 0.6) is 0 Å². The Hall–Kier alpha value is -3.98. The van der Waals surface area contributed by atoms with E-state index >= 15 is 0 Å². The lowest BCUT2D eigenvalue weighted by atomic mass is 9.96. The van der Waals surface area contributed by atoms with Crippen LogP contribution in [-0.4, -0.2) is 11.9 Å². The van der Waals surface area contributed by atoms with Crippen molar-refractivity contribution in [1.29, 1.82) is 0 Å². The lowest BCUT2D eigenvalue weighted by Crippen LogP contribution is -2.23. The largest absolute Gasteiger partial charge is 0.392 e. The minimum atomic E-state index is -0.594. The number of rotatable bonds is 2. The fourth-order valence-corrected chi connectivity index (χ4v) is 5.04. The maximum atomic E-state index is 13.3. The van der Waals surface area contributed by atoms with E-state index < -0.39 is 23.8 Å². The zero-order valence-corrected chi connectivity index (χ0v) is 16.6. The van der Waals surface area contributed by atoms with Crippen LogP contribution in [0.1, 0.15) is 34.1 Å². The first-order chi connectivity index (χ1) is 15.2. The van der Waals surface area contributed by atoms with Gasteiger partial charge in [-0.3, -0.25) is 9.59 Å². The van der Waals surface area contributed by atoms with Crippen molar-refractivity contribution in [3.05, 3.63) is 119 Å². The number of ether oxygens (including phenoxy) is 1. The van der Waals surface area contributed by atoms with Crippen molar-refractivity contribution in [3.8, 4) is 22.3 Å². The zero-order chi connectivity index (χ0) is 20.9. The van der Waals surface area contributed by atoms with E-state index in [1.165, 1.54) is 0 Å². The van der Waals surface area contributed by atoms with Gasteiger partial charge in [-0.2, -0.15) is 0 Å². The molecule has 0 heterocycles. The number of hydrogen-bond acceptors (Lipinski definition) is 3.